The van der Waals surface area contributed by atoms with Gasteiger partial charge >= 0.3 is 0 Å². The van der Waals surface area contributed by atoms with Crippen LogP contribution in [-0.2, 0) is 12.8 Å². The van der Waals surface area contributed by atoms with E-state index in [4.69, 9.17) is 16.3 Å². The molecule has 3 nitrogen and oxygen atoms in total. The van der Waals surface area contributed by atoms with E-state index < -0.39 is 0 Å². The molecule has 4 rings (SSSR count). The summed E-state index contributed by atoms with van der Waals surface area (Å²) in [5.41, 5.74) is 6.51. The van der Waals surface area contributed by atoms with E-state index in [2.05, 4.69) is 53.9 Å². The molecule has 2 aromatic carbocycles. The highest BCUT2D eigenvalue weighted by atomic mass is 35.5. The lowest BCUT2D eigenvalue weighted by Crippen LogP contribution is -2.21. The van der Waals surface area contributed by atoms with Gasteiger partial charge < -0.3 is 14.2 Å². The molecule has 0 bridgehead atoms. The van der Waals surface area contributed by atoms with Crippen LogP contribution in [0.25, 0.3) is 22.7 Å². The Kier molecular flexibility index (Phi) is 4.98. The van der Waals surface area contributed by atoms with Gasteiger partial charge in [-0.1, -0.05) is 23.7 Å². The maximum absolute atomic E-state index is 6.32. The highest BCUT2D eigenvalue weighted by Gasteiger charge is 2.20. The molecule has 1 aliphatic rings. The fourth-order valence-electron chi connectivity index (χ4n) is 3.94. The zero-order valence-corrected chi connectivity index (χ0v) is 16.9. The Hall–Kier alpha value is -2.23. The van der Waals surface area contributed by atoms with Gasteiger partial charge in [-0.2, -0.15) is 0 Å². The molecule has 4 heteroatoms. The number of hydrogen-bond donors (Lipinski definition) is 0. The average Bonchev–Trinajstić information content (AvgIpc) is 2.82. The summed E-state index contributed by atoms with van der Waals surface area (Å²) in [6.45, 7) is 4.32. The largest absolute Gasteiger partial charge is 0.497 e. The fraction of sp³-hybridized carbons (Fsp3) is 0.304. The van der Waals surface area contributed by atoms with E-state index in [9.17, 15) is 0 Å². The maximum atomic E-state index is 6.32. The first-order chi connectivity index (χ1) is 13.1. The molecular formula is C23H25ClN2O. The predicted octanol–water partition coefficient (Wildman–Crippen LogP) is 5.35. The molecule has 0 amide bonds. The quantitative estimate of drug-likeness (QED) is 0.609. The van der Waals surface area contributed by atoms with Crippen molar-refractivity contribution in [3.8, 4) is 5.75 Å². The number of benzene rings is 2. The van der Waals surface area contributed by atoms with Crippen LogP contribution in [0.5, 0.6) is 5.75 Å². The van der Waals surface area contributed by atoms with Crippen molar-refractivity contribution in [1.29, 1.82) is 0 Å². The van der Waals surface area contributed by atoms with E-state index in [1.807, 2.05) is 18.2 Å². The Bertz CT molecular complexity index is 1000. The molecule has 0 N–H and O–H groups in total. The summed E-state index contributed by atoms with van der Waals surface area (Å²) in [5.74, 6) is 0.879. The van der Waals surface area contributed by atoms with Gasteiger partial charge in [-0.3, -0.25) is 0 Å². The summed E-state index contributed by atoms with van der Waals surface area (Å²) in [7, 11) is 3.89. The van der Waals surface area contributed by atoms with Gasteiger partial charge in [0.2, 0.25) is 0 Å². The second-order valence-corrected chi connectivity index (χ2v) is 7.74. The van der Waals surface area contributed by atoms with Crippen molar-refractivity contribution in [2.24, 2.45) is 0 Å². The molecular weight excluding hydrogens is 356 g/mol. The molecule has 0 unspecified atom stereocenters. The topological polar surface area (TPSA) is 17.4 Å². The van der Waals surface area contributed by atoms with E-state index in [1.54, 1.807) is 7.11 Å². The molecule has 0 atom stereocenters. The SMILES string of the molecule is COc1ccc(C(C)=Cn2c3c(c4cc(Cl)ccc42)CCN(C)CC3)cc1. The van der Waals surface area contributed by atoms with E-state index in [1.165, 1.54) is 33.3 Å². The van der Waals surface area contributed by atoms with Gasteiger partial charge in [0, 0.05) is 41.8 Å². The van der Waals surface area contributed by atoms with Crippen molar-refractivity contribution in [2.45, 2.75) is 19.8 Å². The zero-order valence-electron chi connectivity index (χ0n) is 16.1. The number of fused-ring (bicyclic) bond motifs is 3. The van der Waals surface area contributed by atoms with E-state index >= 15 is 0 Å². The third kappa shape index (κ3) is 3.50. The van der Waals surface area contributed by atoms with Gasteiger partial charge in [-0.15, -0.1) is 0 Å². The lowest BCUT2D eigenvalue weighted by Gasteiger charge is -2.13. The van der Waals surface area contributed by atoms with E-state index in [0.717, 1.165) is 36.7 Å². The molecule has 0 radical (unpaired) electrons. The van der Waals surface area contributed by atoms with Crippen molar-refractivity contribution < 1.29 is 4.74 Å². The number of likely N-dealkylation sites (N-methyl/N-ethyl adjacent to an activating group) is 1. The summed E-state index contributed by atoms with van der Waals surface area (Å²) in [4.78, 5) is 2.40. The number of rotatable bonds is 3. The van der Waals surface area contributed by atoms with Gasteiger partial charge in [0.25, 0.3) is 0 Å². The summed E-state index contributed by atoms with van der Waals surface area (Å²) in [6, 6.07) is 14.5. The maximum Gasteiger partial charge on any atom is 0.118 e. The predicted molar refractivity (Wildman–Crippen MR) is 115 cm³/mol. The number of hydrogen-bond acceptors (Lipinski definition) is 2. The number of halogens is 1. The minimum atomic E-state index is 0.802. The first-order valence-corrected chi connectivity index (χ1v) is 9.77. The van der Waals surface area contributed by atoms with E-state index in [-0.39, 0.29) is 0 Å². The van der Waals surface area contributed by atoms with Crippen LogP contribution in [0.4, 0.5) is 0 Å². The molecule has 27 heavy (non-hydrogen) atoms. The lowest BCUT2D eigenvalue weighted by molar-refractivity contribution is 0.351. The molecule has 0 spiro atoms. The zero-order chi connectivity index (χ0) is 19.0. The summed E-state index contributed by atoms with van der Waals surface area (Å²) >= 11 is 6.32. The van der Waals surface area contributed by atoms with Crippen molar-refractivity contribution in [1.82, 2.24) is 9.47 Å². The second kappa shape index (κ2) is 7.41. The number of allylic oxidation sites excluding steroid dienone is 1. The highest BCUT2D eigenvalue weighted by Crippen LogP contribution is 2.32. The Labute approximate surface area is 165 Å². The Balaban J connectivity index is 1.85. The molecule has 1 aliphatic heterocycles. The van der Waals surface area contributed by atoms with Gasteiger partial charge in [-0.05, 0) is 67.4 Å². The number of nitrogens with zero attached hydrogens (tertiary/aromatic N) is 2. The molecule has 0 saturated heterocycles. The van der Waals surface area contributed by atoms with Crippen LogP contribution < -0.4 is 4.74 Å². The van der Waals surface area contributed by atoms with Gasteiger partial charge in [0.15, 0.2) is 0 Å². The Morgan fingerprint density at radius 2 is 1.81 bits per heavy atom. The first kappa shape index (κ1) is 18.1. The number of aromatic nitrogens is 1. The molecule has 3 aromatic rings. The van der Waals surface area contributed by atoms with Crippen LogP contribution in [0.15, 0.2) is 42.5 Å². The molecule has 140 valence electrons. The van der Waals surface area contributed by atoms with Crippen LogP contribution in [0.2, 0.25) is 5.02 Å². The number of methoxy groups -OCH3 is 1. The summed E-state index contributed by atoms with van der Waals surface area (Å²) < 4.78 is 7.65. The molecule has 0 saturated carbocycles. The fourth-order valence-corrected chi connectivity index (χ4v) is 4.11. The first-order valence-electron chi connectivity index (χ1n) is 9.39. The van der Waals surface area contributed by atoms with Crippen LogP contribution in [0, 0.1) is 0 Å². The van der Waals surface area contributed by atoms with Crippen molar-refractivity contribution >= 4 is 34.3 Å². The monoisotopic (exact) mass is 380 g/mol. The Morgan fingerprint density at radius 3 is 2.56 bits per heavy atom. The smallest absolute Gasteiger partial charge is 0.118 e. The molecule has 0 aliphatic carbocycles. The third-order valence-electron chi connectivity index (χ3n) is 5.52. The van der Waals surface area contributed by atoms with Crippen LogP contribution in [0.3, 0.4) is 0 Å². The molecule has 1 aromatic heterocycles. The van der Waals surface area contributed by atoms with Crippen LogP contribution in [-0.4, -0.2) is 36.7 Å². The van der Waals surface area contributed by atoms with E-state index in [0.29, 0.717) is 0 Å². The average molecular weight is 381 g/mol. The third-order valence-corrected chi connectivity index (χ3v) is 5.76. The lowest BCUT2D eigenvalue weighted by atomic mass is 10.1. The van der Waals surface area contributed by atoms with Crippen molar-refractivity contribution in [3.63, 3.8) is 0 Å². The standard InChI is InChI=1S/C23H25ClN2O/c1-16(17-4-7-19(27-3)8-5-17)15-26-22-9-6-18(24)14-21(22)20-10-12-25(2)13-11-23(20)26/h4-9,14-15H,10-13H2,1-3H3. The highest BCUT2D eigenvalue weighted by molar-refractivity contribution is 6.31. The molecule has 2 heterocycles. The number of ether oxygens (including phenoxy) is 1. The Morgan fingerprint density at radius 1 is 1.07 bits per heavy atom. The van der Waals surface area contributed by atoms with Crippen LogP contribution in [0.1, 0.15) is 23.7 Å². The normalized spacial score (nSPS) is 15.6. The minimum Gasteiger partial charge on any atom is -0.497 e. The van der Waals surface area contributed by atoms with Crippen LogP contribution >= 0.6 is 11.6 Å². The van der Waals surface area contributed by atoms with Crippen molar-refractivity contribution in [2.75, 3.05) is 27.2 Å². The van der Waals surface area contributed by atoms with Crippen molar-refractivity contribution in [3.05, 3.63) is 64.3 Å². The van der Waals surface area contributed by atoms with Gasteiger partial charge in [0.1, 0.15) is 5.75 Å². The minimum absolute atomic E-state index is 0.802. The van der Waals surface area contributed by atoms with Gasteiger partial charge in [-0.25, -0.2) is 0 Å². The second-order valence-electron chi connectivity index (χ2n) is 7.30. The summed E-state index contributed by atoms with van der Waals surface area (Å²) in [5, 5.41) is 2.09. The summed E-state index contributed by atoms with van der Waals surface area (Å²) in [6.07, 6.45) is 4.37. The molecule has 0 fully saturated rings. The van der Waals surface area contributed by atoms with Gasteiger partial charge in [0.05, 0.1) is 12.6 Å².